The van der Waals surface area contributed by atoms with Crippen LogP contribution in [0.3, 0.4) is 0 Å². The van der Waals surface area contributed by atoms with Crippen molar-refractivity contribution in [3.8, 4) is 11.4 Å². The zero-order valence-electron chi connectivity index (χ0n) is 14.8. The minimum absolute atomic E-state index is 0.430. The summed E-state index contributed by atoms with van der Waals surface area (Å²) in [5.41, 5.74) is 4.26. The van der Waals surface area contributed by atoms with Gasteiger partial charge in [-0.3, -0.25) is 9.78 Å². The number of hydrogen-bond donors (Lipinski definition) is 0. The van der Waals surface area contributed by atoms with E-state index in [-0.39, 0.29) is 0 Å². The summed E-state index contributed by atoms with van der Waals surface area (Å²) in [6.07, 6.45) is 3.54. The van der Waals surface area contributed by atoms with Crippen molar-refractivity contribution in [3.63, 3.8) is 0 Å². The summed E-state index contributed by atoms with van der Waals surface area (Å²) >= 11 is 0. The number of fused-ring (bicyclic) bond motifs is 1. The van der Waals surface area contributed by atoms with Crippen molar-refractivity contribution < 1.29 is 9.18 Å². The third kappa shape index (κ3) is 3.19. The SMILES string of the molecule is Cc1nc(C)c2nc(-c3cncc(F)c3)n(Cc3ccc(C=O)cc3)c2n1. The van der Waals surface area contributed by atoms with Crippen molar-refractivity contribution in [2.45, 2.75) is 20.4 Å². The minimum atomic E-state index is -0.430. The summed E-state index contributed by atoms with van der Waals surface area (Å²) in [6.45, 7) is 4.17. The van der Waals surface area contributed by atoms with Gasteiger partial charge in [-0.15, -0.1) is 0 Å². The highest BCUT2D eigenvalue weighted by Gasteiger charge is 2.17. The van der Waals surface area contributed by atoms with E-state index < -0.39 is 5.82 Å². The molecule has 4 aromatic rings. The molecule has 27 heavy (non-hydrogen) atoms. The molecular formula is C20H16FN5O. The number of benzene rings is 1. The molecule has 0 amide bonds. The van der Waals surface area contributed by atoms with E-state index in [9.17, 15) is 9.18 Å². The highest BCUT2D eigenvalue weighted by molar-refractivity contribution is 5.79. The van der Waals surface area contributed by atoms with Crippen LogP contribution in [-0.2, 0) is 6.54 Å². The minimum Gasteiger partial charge on any atom is -0.304 e. The largest absolute Gasteiger partial charge is 0.304 e. The number of carbonyl (C=O) groups is 1. The predicted molar refractivity (Wildman–Crippen MR) is 98.9 cm³/mol. The quantitative estimate of drug-likeness (QED) is 0.520. The number of aryl methyl sites for hydroxylation is 2. The summed E-state index contributed by atoms with van der Waals surface area (Å²) in [7, 11) is 0. The van der Waals surface area contributed by atoms with Gasteiger partial charge in [0.25, 0.3) is 0 Å². The van der Waals surface area contributed by atoms with Crippen LogP contribution in [0.4, 0.5) is 4.39 Å². The molecule has 6 nitrogen and oxygen atoms in total. The Balaban J connectivity index is 1.92. The van der Waals surface area contributed by atoms with E-state index in [4.69, 9.17) is 0 Å². The van der Waals surface area contributed by atoms with Crippen LogP contribution < -0.4 is 0 Å². The Morgan fingerprint density at radius 1 is 1.07 bits per heavy atom. The van der Waals surface area contributed by atoms with Gasteiger partial charge in [0.05, 0.1) is 18.4 Å². The fourth-order valence-corrected chi connectivity index (χ4v) is 3.06. The monoisotopic (exact) mass is 361 g/mol. The zero-order valence-corrected chi connectivity index (χ0v) is 14.8. The molecule has 4 rings (SSSR count). The van der Waals surface area contributed by atoms with Gasteiger partial charge in [0.1, 0.15) is 29.3 Å². The van der Waals surface area contributed by atoms with Crippen LogP contribution in [0, 0.1) is 19.7 Å². The average Bonchev–Trinajstić information content (AvgIpc) is 3.01. The molecule has 0 aliphatic rings. The maximum atomic E-state index is 13.7. The Labute approximate surface area is 154 Å². The number of halogens is 1. The van der Waals surface area contributed by atoms with Gasteiger partial charge in [-0.05, 0) is 25.5 Å². The molecule has 0 aliphatic heterocycles. The lowest BCUT2D eigenvalue weighted by Gasteiger charge is -2.09. The highest BCUT2D eigenvalue weighted by atomic mass is 19.1. The second-order valence-corrected chi connectivity index (χ2v) is 6.30. The number of nitrogens with zero attached hydrogens (tertiary/aromatic N) is 5. The van der Waals surface area contributed by atoms with Gasteiger partial charge in [0.2, 0.25) is 0 Å². The lowest BCUT2D eigenvalue weighted by Crippen LogP contribution is -2.05. The molecule has 7 heteroatoms. The molecule has 0 radical (unpaired) electrons. The molecule has 0 unspecified atom stereocenters. The van der Waals surface area contributed by atoms with E-state index in [0.29, 0.717) is 40.5 Å². The van der Waals surface area contributed by atoms with Crippen molar-refractivity contribution in [2.75, 3.05) is 0 Å². The summed E-state index contributed by atoms with van der Waals surface area (Å²) in [6, 6.07) is 8.68. The van der Waals surface area contributed by atoms with Gasteiger partial charge in [-0.2, -0.15) is 0 Å². The van der Waals surface area contributed by atoms with Crippen LogP contribution in [0.1, 0.15) is 27.4 Å². The lowest BCUT2D eigenvalue weighted by molar-refractivity contribution is 0.112. The van der Waals surface area contributed by atoms with Gasteiger partial charge < -0.3 is 4.57 Å². The van der Waals surface area contributed by atoms with Crippen LogP contribution >= 0.6 is 0 Å². The van der Waals surface area contributed by atoms with Crippen LogP contribution in [0.5, 0.6) is 0 Å². The molecule has 0 bridgehead atoms. The van der Waals surface area contributed by atoms with Gasteiger partial charge in [0, 0.05) is 17.3 Å². The molecule has 1 aromatic carbocycles. The average molecular weight is 361 g/mol. The normalized spacial score (nSPS) is 11.1. The maximum Gasteiger partial charge on any atom is 0.164 e. The second kappa shape index (κ2) is 6.68. The van der Waals surface area contributed by atoms with Gasteiger partial charge in [0.15, 0.2) is 5.65 Å². The van der Waals surface area contributed by atoms with E-state index in [2.05, 4.69) is 19.9 Å². The van der Waals surface area contributed by atoms with E-state index in [1.165, 1.54) is 6.07 Å². The highest BCUT2D eigenvalue weighted by Crippen LogP contribution is 2.26. The van der Waals surface area contributed by atoms with Gasteiger partial charge in [-0.1, -0.05) is 24.3 Å². The van der Waals surface area contributed by atoms with Crippen molar-refractivity contribution in [1.82, 2.24) is 24.5 Å². The number of imidazole rings is 1. The Kier molecular flexibility index (Phi) is 4.19. The summed E-state index contributed by atoms with van der Waals surface area (Å²) < 4.78 is 15.7. The molecule has 0 aliphatic carbocycles. The standard InChI is InChI=1S/C20H16FN5O/c1-12-18-20(24-13(2)23-12)26(10-14-3-5-15(11-27)6-4-14)19(25-18)16-7-17(21)9-22-8-16/h3-9,11H,10H2,1-2H3. The van der Waals surface area contributed by atoms with Crippen LogP contribution in [0.25, 0.3) is 22.6 Å². The summed E-state index contributed by atoms with van der Waals surface area (Å²) in [5.74, 6) is 0.779. The first kappa shape index (κ1) is 17.0. The second-order valence-electron chi connectivity index (χ2n) is 6.30. The van der Waals surface area contributed by atoms with Crippen molar-refractivity contribution in [3.05, 3.63) is 71.2 Å². The van der Waals surface area contributed by atoms with Crippen LogP contribution in [0.2, 0.25) is 0 Å². The summed E-state index contributed by atoms with van der Waals surface area (Å²) in [5, 5.41) is 0. The fraction of sp³-hybridized carbons (Fsp3) is 0.150. The fourth-order valence-electron chi connectivity index (χ4n) is 3.06. The lowest BCUT2D eigenvalue weighted by atomic mass is 10.1. The Morgan fingerprint density at radius 2 is 1.85 bits per heavy atom. The number of carbonyl (C=O) groups excluding carboxylic acids is 1. The Bertz CT molecular complexity index is 1150. The first-order valence-electron chi connectivity index (χ1n) is 8.41. The molecule has 0 N–H and O–H groups in total. The Morgan fingerprint density at radius 3 is 2.56 bits per heavy atom. The first-order valence-corrected chi connectivity index (χ1v) is 8.41. The molecule has 0 saturated carbocycles. The predicted octanol–water partition coefficient (Wildman–Crippen LogP) is 3.51. The topological polar surface area (TPSA) is 73.6 Å². The molecule has 3 aromatic heterocycles. The van der Waals surface area contributed by atoms with E-state index in [1.54, 1.807) is 18.3 Å². The molecule has 0 spiro atoms. The molecule has 0 atom stereocenters. The van der Waals surface area contributed by atoms with Crippen LogP contribution in [0.15, 0.2) is 42.7 Å². The zero-order chi connectivity index (χ0) is 19.0. The third-order valence-electron chi connectivity index (χ3n) is 4.30. The number of hydrogen-bond acceptors (Lipinski definition) is 5. The van der Waals surface area contributed by atoms with E-state index >= 15 is 0 Å². The molecular weight excluding hydrogens is 345 g/mol. The van der Waals surface area contributed by atoms with Crippen molar-refractivity contribution in [2.24, 2.45) is 0 Å². The first-order chi connectivity index (χ1) is 13.0. The van der Waals surface area contributed by atoms with Crippen molar-refractivity contribution >= 4 is 17.5 Å². The Hall–Kier alpha value is -3.48. The number of aldehydes is 1. The number of pyridine rings is 1. The van der Waals surface area contributed by atoms with Crippen LogP contribution in [-0.4, -0.2) is 30.8 Å². The van der Waals surface area contributed by atoms with Gasteiger partial charge >= 0.3 is 0 Å². The number of rotatable bonds is 4. The van der Waals surface area contributed by atoms with E-state index in [1.807, 2.05) is 30.5 Å². The summed E-state index contributed by atoms with van der Waals surface area (Å²) in [4.78, 5) is 28.4. The molecule has 3 heterocycles. The smallest absolute Gasteiger partial charge is 0.164 e. The van der Waals surface area contributed by atoms with Crippen molar-refractivity contribution in [1.29, 1.82) is 0 Å². The maximum absolute atomic E-state index is 13.7. The molecule has 134 valence electrons. The van der Waals surface area contributed by atoms with Gasteiger partial charge in [-0.25, -0.2) is 19.3 Å². The van der Waals surface area contributed by atoms with E-state index in [0.717, 1.165) is 23.7 Å². The third-order valence-corrected chi connectivity index (χ3v) is 4.30. The molecule has 0 fully saturated rings. The number of aromatic nitrogens is 5. The molecule has 0 saturated heterocycles.